The summed E-state index contributed by atoms with van der Waals surface area (Å²) in [5.41, 5.74) is 10.1. The third-order valence-electron chi connectivity index (χ3n) is 3.59. The van der Waals surface area contributed by atoms with Crippen LogP contribution >= 0.6 is 0 Å². The lowest BCUT2D eigenvalue weighted by Crippen LogP contribution is -2.07. The van der Waals surface area contributed by atoms with E-state index in [2.05, 4.69) is 28.6 Å². The molecule has 0 fully saturated rings. The maximum Gasteiger partial charge on any atom is 0.159 e. The molecule has 3 aromatic rings. The highest BCUT2D eigenvalue weighted by atomic mass is 15.1. The molecule has 1 aromatic carbocycles. The molecule has 0 spiro atoms. The number of hydrogen-bond donors (Lipinski definition) is 1. The quantitative estimate of drug-likeness (QED) is 0.789. The number of hydrogen-bond acceptors (Lipinski definition) is 3. The predicted molar refractivity (Wildman–Crippen MR) is 80.3 cm³/mol. The van der Waals surface area contributed by atoms with Crippen molar-refractivity contribution in [3.8, 4) is 0 Å². The van der Waals surface area contributed by atoms with Crippen molar-refractivity contribution in [2.45, 2.75) is 26.4 Å². The highest BCUT2D eigenvalue weighted by Crippen LogP contribution is 2.18. The Balaban J connectivity index is 2.06. The number of imidazole rings is 1. The van der Waals surface area contributed by atoms with Crippen LogP contribution in [0.2, 0.25) is 0 Å². The summed E-state index contributed by atoms with van der Waals surface area (Å²) in [6.45, 7) is 3.54. The van der Waals surface area contributed by atoms with E-state index >= 15 is 0 Å². The number of pyridine rings is 1. The Bertz CT molecular complexity index is 730. The van der Waals surface area contributed by atoms with E-state index in [0.29, 0.717) is 6.54 Å². The second-order valence-corrected chi connectivity index (χ2v) is 4.77. The largest absolute Gasteiger partial charge is 0.326 e. The van der Waals surface area contributed by atoms with Crippen LogP contribution in [0.15, 0.2) is 42.6 Å². The fourth-order valence-electron chi connectivity index (χ4n) is 2.57. The molecule has 2 aromatic heterocycles. The Kier molecular flexibility index (Phi) is 3.48. The first-order chi connectivity index (χ1) is 9.83. The number of nitrogens with zero attached hydrogens (tertiary/aromatic N) is 3. The molecule has 0 aliphatic carbocycles. The summed E-state index contributed by atoms with van der Waals surface area (Å²) < 4.78 is 2.17. The normalized spacial score (nSPS) is 11.1. The number of nitrogens with two attached hydrogens (primary N) is 1. The number of benzene rings is 1. The lowest BCUT2D eigenvalue weighted by Gasteiger charge is -2.09. The van der Waals surface area contributed by atoms with Crippen molar-refractivity contribution < 1.29 is 0 Å². The zero-order valence-corrected chi connectivity index (χ0v) is 11.6. The Hall–Kier alpha value is -2.20. The summed E-state index contributed by atoms with van der Waals surface area (Å²) in [4.78, 5) is 9.15. The number of aromatic nitrogens is 3. The van der Waals surface area contributed by atoms with Gasteiger partial charge in [-0.1, -0.05) is 24.3 Å². The third-order valence-corrected chi connectivity index (χ3v) is 3.59. The van der Waals surface area contributed by atoms with E-state index in [-0.39, 0.29) is 0 Å². The van der Waals surface area contributed by atoms with Crippen LogP contribution in [-0.4, -0.2) is 14.5 Å². The molecule has 0 atom stereocenters. The molecular weight excluding hydrogens is 248 g/mol. The molecule has 0 bridgehead atoms. The highest BCUT2D eigenvalue weighted by molar-refractivity contribution is 5.71. The van der Waals surface area contributed by atoms with Crippen LogP contribution in [0.4, 0.5) is 0 Å². The molecule has 20 heavy (non-hydrogen) atoms. The minimum absolute atomic E-state index is 0.556. The zero-order chi connectivity index (χ0) is 13.9. The Morgan fingerprint density at radius 2 is 1.90 bits per heavy atom. The smallest absolute Gasteiger partial charge is 0.159 e. The van der Waals surface area contributed by atoms with Gasteiger partial charge in [-0.15, -0.1) is 0 Å². The SMILES string of the molecule is CCn1c(Cc2ccccc2CN)nc2cccnc21. The van der Waals surface area contributed by atoms with Gasteiger partial charge in [0.05, 0.1) is 0 Å². The highest BCUT2D eigenvalue weighted by Gasteiger charge is 2.11. The number of rotatable bonds is 4. The predicted octanol–water partition coefficient (Wildman–Crippen LogP) is 2.50. The van der Waals surface area contributed by atoms with Crippen molar-refractivity contribution in [2.24, 2.45) is 5.73 Å². The number of aryl methyl sites for hydroxylation is 1. The monoisotopic (exact) mass is 266 g/mol. The van der Waals surface area contributed by atoms with Gasteiger partial charge in [0, 0.05) is 25.7 Å². The third kappa shape index (κ3) is 2.18. The van der Waals surface area contributed by atoms with Crippen LogP contribution in [0.1, 0.15) is 23.9 Å². The molecule has 102 valence electrons. The van der Waals surface area contributed by atoms with Gasteiger partial charge in [0.25, 0.3) is 0 Å². The van der Waals surface area contributed by atoms with E-state index in [4.69, 9.17) is 10.7 Å². The lowest BCUT2D eigenvalue weighted by molar-refractivity contribution is 0.725. The van der Waals surface area contributed by atoms with Gasteiger partial charge in [0.1, 0.15) is 11.3 Å². The van der Waals surface area contributed by atoms with Crippen LogP contribution in [-0.2, 0) is 19.5 Å². The standard InChI is InChI=1S/C16H18N4/c1-2-20-15(19-14-8-5-9-18-16(14)20)10-12-6-3-4-7-13(12)11-17/h3-9H,2,10-11,17H2,1H3. The van der Waals surface area contributed by atoms with Gasteiger partial charge in [-0.25, -0.2) is 9.97 Å². The molecule has 2 N–H and O–H groups in total. The second-order valence-electron chi connectivity index (χ2n) is 4.77. The van der Waals surface area contributed by atoms with Gasteiger partial charge >= 0.3 is 0 Å². The molecule has 4 heteroatoms. The van der Waals surface area contributed by atoms with Crippen molar-refractivity contribution in [2.75, 3.05) is 0 Å². The van der Waals surface area contributed by atoms with Crippen molar-refractivity contribution in [1.29, 1.82) is 0 Å². The van der Waals surface area contributed by atoms with Gasteiger partial charge < -0.3 is 10.3 Å². The summed E-state index contributed by atoms with van der Waals surface area (Å²) in [6.07, 6.45) is 2.60. The molecule has 0 aliphatic heterocycles. The summed E-state index contributed by atoms with van der Waals surface area (Å²) in [7, 11) is 0. The van der Waals surface area contributed by atoms with Crippen molar-refractivity contribution >= 4 is 11.2 Å². The first kappa shape index (κ1) is 12.8. The van der Waals surface area contributed by atoms with Gasteiger partial charge in [0.2, 0.25) is 0 Å². The van der Waals surface area contributed by atoms with Crippen LogP contribution < -0.4 is 5.73 Å². The second kappa shape index (κ2) is 5.43. The fraction of sp³-hybridized carbons (Fsp3) is 0.250. The van der Waals surface area contributed by atoms with E-state index in [0.717, 1.165) is 30.0 Å². The van der Waals surface area contributed by atoms with Crippen molar-refractivity contribution in [1.82, 2.24) is 14.5 Å². The van der Waals surface area contributed by atoms with Gasteiger partial charge in [-0.3, -0.25) is 0 Å². The van der Waals surface area contributed by atoms with Crippen LogP contribution in [0.3, 0.4) is 0 Å². The van der Waals surface area contributed by atoms with Crippen molar-refractivity contribution in [3.63, 3.8) is 0 Å². The molecular formula is C16H18N4. The summed E-state index contributed by atoms with van der Waals surface area (Å²) >= 11 is 0. The molecule has 0 amide bonds. The average Bonchev–Trinajstić information content (AvgIpc) is 2.85. The maximum atomic E-state index is 5.81. The topological polar surface area (TPSA) is 56.7 Å². The van der Waals surface area contributed by atoms with Gasteiger partial charge in [0.15, 0.2) is 5.65 Å². The lowest BCUT2D eigenvalue weighted by atomic mass is 10.0. The summed E-state index contributed by atoms with van der Waals surface area (Å²) in [5.74, 6) is 1.04. The van der Waals surface area contributed by atoms with Crippen molar-refractivity contribution in [3.05, 3.63) is 59.5 Å². The van der Waals surface area contributed by atoms with E-state index < -0.39 is 0 Å². The Labute approximate surface area is 118 Å². The number of fused-ring (bicyclic) bond motifs is 1. The Morgan fingerprint density at radius 3 is 2.65 bits per heavy atom. The zero-order valence-electron chi connectivity index (χ0n) is 11.6. The summed E-state index contributed by atoms with van der Waals surface area (Å²) in [6, 6.07) is 12.2. The van der Waals surface area contributed by atoms with Crippen LogP contribution in [0.25, 0.3) is 11.2 Å². The van der Waals surface area contributed by atoms with Gasteiger partial charge in [-0.2, -0.15) is 0 Å². The molecule has 0 saturated carbocycles. The molecule has 2 heterocycles. The van der Waals surface area contributed by atoms with E-state index in [1.54, 1.807) is 0 Å². The van der Waals surface area contributed by atoms with E-state index in [1.165, 1.54) is 11.1 Å². The maximum absolute atomic E-state index is 5.81. The molecule has 0 aliphatic rings. The van der Waals surface area contributed by atoms with E-state index in [9.17, 15) is 0 Å². The van der Waals surface area contributed by atoms with E-state index in [1.807, 2.05) is 30.5 Å². The molecule has 3 rings (SSSR count). The van der Waals surface area contributed by atoms with Crippen LogP contribution in [0, 0.1) is 0 Å². The minimum Gasteiger partial charge on any atom is -0.326 e. The molecule has 0 radical (unpaired) electrons. The Morgan fingerprint density at radius 1 is 1.10 bits per heavy atom. The first-order valence-electron chi connectivity index (χ1n) is 6.90. The molecule has 0 saturated heterocycles. The molecule has 4 nitrogen and oxygen atoms in total. The minimum atomic E-state index is 0.556. The summed E-state index contributed by atoms with van der Waals surface area (Å²) in [5, 5.41) is 0. The van der Waals surface area contributed by atoms with Crippen LogP contribution in [0.5, 0.6) is 0 Å². The molecule has 0 unspecified atom stereocenters. The average molecular weight is 266 g/mol. The fourth-order valence-corrected chi connectivity index (χ4v) is 2.57. The van der Waals surface area contributed by atoms with Gasteiger partial charge in [-0.05, 0) is 30.2 Å². The first-order valence-corrected chi connectivity index (χ1v) is 6.90.